The zero-order valence-electron chi connectivity index (χ0n) is 11.3. The van der Waals surface area contributed by atoms with Crippen LogP contribution in [0.4, 0.5) is 5.69 Å². The number of benzene rings is 1. The summed E-state index contributed by atoms with van der Waals surface area (Å²) in [6.45, 7) is 0. The smallest absolute Gasteiger partial charge is 0.227 e. The molecule has 2 rings (SSSR count). The summed E-state index contributed by atoms with van der Waals surface area (Å²) >= 11 is 3.30. The van der Waals surface area contributed by atoms with Crippen LogP contribution in [0.1, 0.15) is 6.42 Å². The van der Waals surface area contributed by atoms with E-state index in [1.807, 2.05) is 0 Å². The first-order valence-corrected chi connectivity index (χ1v) is 8.58. The second-order valence-electron chi connectivity index (χ2n) is 4.44. The zero-order chi connectivity index (χ0) is 15.5. The highest BCUT2D eigenvalue weighted by Crippen LogP contribution is 2.15. The highest BCUT2D eigenvalue weighted by molar-refractivity contribution is 9.10. The van der Waals surface area contributed by atoms with Gasteiger partial charge in [0.15, 0.2) is 0 Å². The minimum atomic E-state index is -3.56. The summed E-state index contributed by atoms with van der Waals surface area (Å²) in [5, 5.41) is 2.62. The SMILES string of the molecule is Cn1ccnc1S(=O)(=O)CCC(=O)Nc1ccc(Br)cc1. The maximum Gasteiger partial charge on any atom is 0.227 e. The number of hydrogen-bond acceptors (Lipinski definition) is 4. The summed E-state index contributed by atoms with van der Waals surface area (Å²) in [6, 6.07) is 7.05. The van der Waals surface area contributed by atoms with Crippen LogP contribution >= 0.6 is 15.9 Å². The Labute approximate surface area is 131 Å². The molecule has 0 saturated carbocycles. The molecule has 0 bridgehead atoms. The van der Waals surface area contributed by atoms with Crippen LogP contribution in [0.3, 0.4) is 0 Å². The number of carbonyl (C=O) groups is 1. The lowest BCUT2D eigenvalue weighted by atomic mass is 10.3. The Bertz CT molecular complexity index is 738. The largest absolute Gasteiger partial charge is 0.326 e. The van der Waals surface area contributed by atoms with Gasteiger partial charge >= 0.3 is 0 Å². The Morgan fingerprint density at radius 1 is 1.33 bits per heavy atom. The van der Waals surface area contributed by atoms with Gasteiger partial charge in [0.05, 0.1) is 5.75 Å². The van der Waals surface area contributed by atoms with Crippen LogP contribution in [0.5, 0.6) is 0 Å². The molecule has 0 saturated heterocycles. The molecule has 0 atom stereocenters. The number of imidazole rings is 1. The Hall–Kier alpha value is -1.67. The lowest BCUT2D eigenvalue weighted by Gasteiger charge is -2.06. The van der Waals surface area contributed by atoms with Gasteiger partial charge in [-0.15, -0.1) is 0 Å². The molecule has 0 radical (unpaired) electrons. The van der Waals surface area contributed by atoms with Gasteiger partial charge in [-0.3, -0.25) is 4.79 Å². The Kier molecular flexibility index (Phi) is 4.79. The fourth-order valence-corrected chi connectivity index (χ4v) is 3.35. The summed E-state index contributed by atoms with van der Waals surface area (Å²) < 4.78 is 26.4. The van der Waals surface area contributed by atoms with E-state index in [1.165, 1.54) is 10.8 Å². The quantitative estimate of drug-likeness (QED) is 0.871. The van der Waals surface area contributed by atoms with Gasteiger partial charge in [-0.05, 0) is 24.3 Å². The number of nitrogens with one attached hydrogen (secondary N) is 1. The van der Waals surface area contributed by atoms with Crippen molar-refractivity contribution < 1.29 is 13.2 Å². The first kappa shape index (κ1) is 15.7. The molecule has 0 aliphatic rings. The van der Waals surface area contributed by atoms with E-state index in [4.69, 9.17) is 0 Å². The van der Waals surface area contributed by atoms with E-state index in [2.05, 4.69) is 26.2 Å². The minimum absolute atomic E-state index is 0.0288. The van der Waals surface area contributed by atoms with Gasteiger partial charge in [0.1, 0.15) is 0 Å². The van der Waals surface area contributed by atoms with E-state index in [-0.39, 0.29) is 23.2 Å². The number of rotatable bonds is 5. The van der Waals surface area contributed by atoms with Gasteiger partial charge in [0.25, 0.3) is 0 Å². The van der Waals surface area contributed by atoms with E-state index in [1.54, 1.807) is 37.5 Å². The van der Waals surface area contributed by atoms with Gasteiger partial charge in [0.2, 0.25) is 20.9 Å². The Morgan fingerprint density at radius 3 is 2.57 bits per heavy atom. The molecule has 112 valence electrons. The normalized spacial score (nSPS) is 11.3. The number of aromatic nitrogens is 2. The van der Waals surface area contributed by atoms with Gasteiger partial charge in [-0.25, -0.2) is 13.4 Å². The maximum absolute atomic E-state index is 12.0. The second kappa shape index (κ2) is 6.40. The van der Waals surface area contributed by atoms with Crippen molar-refractivity contribution >= 4 is 37.4 Å². The summed E-state index contributed by atoms with van der Waals surface area (Å²) in [5.41, 5.74) is 0.623. The third-order valence-corrected chi connectivity index (χ3v) is 5.00. The molecule has 2 aromatic rings. The number of amides is 1. The number of aryl methyl sites for hydroxylation is 1. The topological polar surface area (TPSA) is 81.1 Å². The number of hydrogen-bond donors (Lipinski definition) is 1. The number of carbonyl (C=O) groups excluding carboxylic acids is 1. The number of halogens is 1. The summed E-state index contributed by atoms with van der Waals surface area (Å²) in [5.74, 6) is -0.629. The molecule has 8 heteroatoms. The van der Waals surface area contributed by atoms with Crippen molar-refractivity contribution in [2.75, 3.05) is 11.1 Å². The number of nitrogens with zero attached hydrogens (tertiary/aromatic N) is 2. The van der Waals surface area contributed by atoms with Crippen LogP contribution < -0.4 is 5.32 Å². The van der Waals surface area contributed by atoms with Crippen molar-refractivity contribution in [3.63, 3.8) is 0 Å². The molecule has 0 spiro atoms. The predicted octanol–water partition coefficient (Wildman–Crippen LogP) is 1.99. The summed E-state index contributed by atoms with van der Waals surface area (Å²) in [6.07, 6.45) is 2.84. The van der Waals surface area contributed by atoms with Crippen molar-refractivity contribution in [1.82, 2.24) is 9.55 Å². The van der Waals surface area contributed by atoms with Gasteiger partial charge in [-0.2, -0.15) is 0 Å². The van der Waals surface area contributed by atoms with Crippen LogP contribution in [-0.4, -0.2) is 29.6 Å². The van der Waals surface area contributed by atoms with Gasteiger partial charge < -0.3 is 9.88 Å². The number of anilines is 1. The second-order valence-corrected chi connectivity index (χ2v) is 7.36. The van der Waals surface area contributed by atoms with Crippen LogP contribution in [0.15, 0.2) is 46.3 Å². The van der Waals surface area contributed by atoms with Crippen molar-refractivity contribution in [3.05, 3.63) is 41.1 Å². The van der Waals surface area contributed by atoms with Crippen molar-refractivity contribution in [3.8, 4) is 0 Å². The van der Waals surface area contributed by atoms with Crippen molar-refractivity contribution in [1.29, 1.82) is 0 Å². The third kappa shape index (κ3) is 4.15. The molecule has 1 aromatic carbocycles. The Morgan fingerprint density at radius 2 is 2.00 bits per heavy atom. The molecule has 0 aliphatic heterocycles. The van der Waals surface area contributed by atoms with Crippen LogP contribution in [0.2, 0.25) is 0 Å². The van der Waals surface area contributed by atoms with Crippen LogP contribution in [0, 0.1) is 0 Å². The first-order chi connectivity index (χ1) is 9.88. The average Bonchev–Trinajstić information content (AvgIpc) is 2.86. The molecule has 1 aromatic heterocycles. The van der Waals surface area contributed by atoms with E-state index in [9.17, 15) is 13.2 Å². The highest BCUT2D eigenvalue weighted by Gasteiger charge is 2.20. The lowest BCUT2D eigenvalue weighted by molar-refractivity contribution is -0.115. The molecule has 0 aliphatic carbocycles. The standard InChI is InChI=1S/C13H14BrN3O3S/c1-17-8-7-15-13(17)21(19,20)9-6-12(18)16-11-4-2-10(14)3-5-11/h2-5,7-8H,6,9H2,1H3,(H,16,18). The van der Waals surface area contributed by atoms with Crippen molar-refractivity contribution in [2.24, 2.45) is 7.05 Å². The molecule has 6 nitrogen and oxygen atoms in total. The monoisotopic (exact) mass is 371 g/mol. The van der Waals surface area contributed by atoms with Gasteiger partial charge in [0, 0.05) is 36.0 Å². The minimum Gasteiger partial charge on any atom is -0.326 e. The molecule has 21 heavy (non-hydrogen) atoms. The number of sulfone groups is 1. The first-order valence-electron chi connectivity index (χ1n) is 6.14. The molecule has 0 unspecified atom stereocenters. The van der Waals surface area contributed by atoms with Crippen molar-refractivity contribution in [2.45, 2.75) is 11.6 Å². The zero-order valence-corrected chi connectivity index (χ0v) is 13.7. The fraction of sp³-hybridized carbons (Fsp3) is 0.231. The van der Waals surface area contributed by atoms with E-state index >= 15 is 0 Å². The third-order valence-electron chi connectivity index (χ3n) is 2.78. The fourth-order valence-electron chi connectivity index (χ4n) is 1.73. The van der Waals surface area contributed by atoms with Crippen LogP contribution in [0.25, 0.3) is 0 Å². The predicted molar refractivity (Wildman–Crippen MR) is 82.6 cm³/mol. The van der Waals surface area contributed by atoms with Crippen LogP contribution in [-0.2, 0) is 21.7 Å². The molecule has 1 heterocycles. The van der Waals surface area contributed by atoms with Gasteiger partial charge in [-0.1, -0.05) is 15.9 Å². The lowest BCUT2D eigenvalue weighted by Crippen LogP contribution is -2.19. The maximum atomic E-state index is 12.0. The molecule has 1 amide bonds. The highest BCUT2D eigenvalue weighted by atomic mass is 79.9. The van der Waals surface area contributed by atoms with E-state index in [0.29, 0.717) is 5.69 Å². The summed E-state index contributed by atoms with van der Waals surface area (Å²) in [7, 11) is -1.96. The average molecular weight is 372 g/mol. The van der Waals surface area contributed by atoms with E-state index < -0.39 is 9.84 Å². The molecular weight excluding hydrogens is 358 g/mol. The molecule has 0 fully saturated rings. The summed E-state index contributed by atoms with van der Waals surface area (Å²) in [4.78, 5) is 15.6. The molecular formula is C13H14BrN3O3S. The van der Waals surface area contributed by atoms with E-state index in [0.717, 1.165) is 4.47 Å². The Balaban J connectivity index is 1.95. The molecule has 1 N–H and O–H groups in total.